The van der Waals surface area contributed by atoms with Crippen molar-refractivity contribution in [3.05, 3.63) is 17.5 Å². The first kappa shape index (κ1) is 12.1. The van der Waals surface area contributed by atoms with Crippen LogP contribution in [0.25, 0.3) is 0 Å². The van der Waals surface area contributed by atoms with Crippen LogP contribution in [0.5, 0.6) is 0 Å². The maximum absolute atomic E-state index is 11.9. The van der Waals surface area contributed by atoms with Gasteiger partial charge in [0.1, 0.15) is 0 Å². The summed E-state index contributed by atoms with van der Waals surface area (Å²) in [5, 5.41) is 7.01. The first-order chi connectivity index (χ1) is 7.00. The van der Waals surface area contributed by atoms with Crippen LogP contribution in [-0.2, 0) is 0 Å². The van der Waals surface area contributed by atoms with Crippen molar-refractivity contribution in [3.8, 4) is 0 Å². The summed E-state index contributed by atoms with van der Waals surface area (Å²) < 4.78 is 25.6. The van der Waals surface area contributed by atoms with Crippen LogP contribution in [0.3, 0.4) is 0 Å². The zero-order valence-electron chi connectivity index (χ0n) is 9.30. The molecule has 1 aromatic rings. The van der Waals surface area contributed by atoms with Gasteiger partial charge in [-0.05, 0) is 26.8 Å². The van der Waals surface area contributed by atoms with Crippen molar-refractivity contribution in [1.82, 2.24) is 15.1 Å². The van der Waals surface area contributed by atoms with Crippen LogP contribution in [0.4, 0.5) is 8.78 Å². The summed E-state index contributed by atoms with van der Waals surface area (Å²) in [6, 6.07) is 2.07. The second-order valence-corrected chi connectivity index (χ2v) is 3.77. The minimum atomic E-state index is -2.29. The molecule has 1 atom stereocenters. The molecular weight excluding hydrogens is 200 g/mol. The third-order valence-electron chi connectivity index (χ3n) is 2.20. The highest BCUT2D eigenvalue weighted by Crippen LogP contribution is 2.09. The molecule has 0 spiro atoms. The molecule has 0 bridgehead atoms. The van der Waals surface area contributed by atoms with Crippen molar-refractivity contribution in [1.29, 1.82) is 0 Å². The van der Waals surface area contributed by atoms with Gasteiger partial charge in [-0.25, -0.2) is 8.78 Å². The summed E-state index contributed by atoms with van der Waals surface area (Å²) in [6.45, 7) is 6.08. The van der Waals surface area contributed by atoms with Crippen molar-refractivity contribution >= 4 is 0 Å². The van der Waals surface area contributed by atoms with Gasteiger partial charge in [0.25, 0.3) is 6.43 Å². The van der Waals surface area contributed by atoms with Crippen molar-refractivity contribution in [2.75, 3.05) is 13.1 Å². The molecule has 1 heterocycles. The van der Waals surface area contributed by atoms with E-state index in [1.54, 1.807) is 0 Å². The molecule has 0 amide bonds. The fourth-order valence-corrected chi connectivity index (χ4v) is 1.58. The molecule has 0 aromatic carbocycles. The second-order valence-electron chi connectivity index (χ2n) is 3.77. The summed E-state index contributed by atoms with van der Waals surface area (Å²) >= 11 is 0. The number of aromatic nitrogens is 2. The molecule has 0 aliphatic heterocycles. The van der Waals surface area contributed by atoms with Gasteiger partial charge in [-0.15, -0.1) is 0 Å². The Morgan fingerprint density at radius 1 is 1.40 bits per heavy atom. The maximum atomic E-state index is 11.9. The quantitative estimate of drug-likeness (QED) is 0.816. The molecule has 15 heavy (non-hydrogen) atoms. The average molecular weight is 217 g/mol. The van der Waals surface area contributed by atoms with E-state index in [2.05, 4.69) is 10.4 Å². The first-order valence-electron chi connectivity index (χ1n) is 5.02. The van der Waals surface area contributed by atoms with E-state index in [4.69, 9.17) is 0 Å². The van der Waals surface area contributed by atoms with Gasteiger partial charge in [-0.2, -0.15) is 5.10 Å². The molecule has 1 aromatic heterocycles. The predicted octanol–water partition coefficient (Wildman–Crippen LogP) is 1.92. The normalized spacial score (nSPS) is 13.5. The zero-order valence-corrected chi connectivity index (χ0v) is 9.30. The Morgan fingerprint density at radius 3 is 2.53 bits per heavy atom. The Balaban J connectivity index is 2.46. The molecule has 0 fully saturated rings. The fourth-order valence-electron chi connectivity index (χ4n) is 1.58. The summed E-state index contributed by atoms with van der Waals surface area (Å²) in [5.41, 5.74) is 2.01. The smallest absolute Gasteiger partial charge is 0.250 e. The van der Waals surface area contributed by atoms with E-state index in [0.29, 0.717) is 6.54 Å². The summed E-state index contributed by atoms with van der Waals surface area (Å²) in [7, 11) is 0. The van der Waals surface area contributed by atoms with Gasteiger partial charge in [0, 0.05) is 12.2 Å². The molecule has 0 saturated carbocycles. The summed E-state index contributed by atoms with van der Waals surface area (Å²) in [6.07, 6.45) is -2.29. The third-order valence-corrected chi connectivity index (χ3v) is 2.20. The van der Waals surface area contributed by atoms with Crippen molar-refractivity contribution in [3.63, 3.8) is 0 Å². The lowest BCUT2D eigenvalue weighted by Gasteiger charge is -2.14. The standard InChI is InChI=1S/C10H17F2N3/c1-7-4-8(2)15(14-7)9(3)5-13-6-10(11)12/h4,9-10,13H,5-6H2,1-3H3. The van der Waals surface area contributed by atoms with Gasteiger partial charge in [-0.1, -0.05) is 0 Å². The molecule has 3 nitrogen and oxygen atoms in total. The Hall–Kier alpha value is -0.970. The molecule has 0 aliphatic carbocycles. The van der Waals surface area contributed by atoms with Crippen molar-refractivity contribution < 1.29 is 8.78 Å². The average Bonchev–Trinajstić information content (AvgIpc) is 2.44. The Labute approximate surface area is 88.5 Å². The number of hydrogen-bond donors (Lipinski definition) is 1. The minimum absolute atomic E-state index is 0.0949. The Morgan fingerprint density at radius 2 is 2.07 bits per heavy atom. The largest absolute Gasteiger partial charge is 0.309 e. The number of halogens is 2. The number of rotatable bonds is 5. The number of hydrogen-bond acceptors (Lipinski definition) is 2. The van der Waals surface area contributed by atoms with Gasteiger partial charge in [0.05, 0.1) is 18.3 Å². The maximum Gasteiger partial charge on any atom is 0.250 e. The second kappa shape index (κ2) is 5.21. The number of alkyl halides is 2. The van der Waals surface area contributed by atoms with Gasteiger partial charge in [0.15, 0.2) is 0 Å². The third kappa shape index (κ3) is 3.58. The zero-order chi connectivity index (χ0) is 11.4. The summed E-state index contributed by atoms with van der Waals surface area (Å²) in [4.78, 5) is 0. The molecule has 0 aliphatic rings. The Bertz CT molecular complexity index is 310. The van der Waals surface area contributed by atoms with Crippen LogP contribution >= 0.6 is 0 Å². The van der Waals surface area contributed by atoms with Crippen LogP contribution < -0.4 is 5.32 Å². The predicted molar refractivity (Wildman–Crippen MR) is 55.3 cm³/mol. The lowest BCUT2D eigenvalue weighted by molar-refractivity contribution is 0.144. The highest BCUT2D eigenvalue weighted by molar-refractivity contribution is 5.07. The lowest BCUT2D eigenvalue weighted by atomic mass is 10.3. The van der Waals surface area contributed by atoms with E-state index in [9.17, 15) is 8.78 Å². The van der Waals surface area contributed by atoms with Crippen molar-refractivity contribution in [2.24, 2.45) is 0 Å². The highest BCUT2D eigenvalue weighted by Gasteiger charge is 2.09. The summed E-state index contributed by atoms with van der Waals surface area (Å²) in [5.74, 6) is 0. The van der Waals surface area contributed by atoms with Crippen LogP contribution in [0.2, 0.25) is 0 Å². The van der Waals surface area contributed by atoms with E-state index in [1.807, 2.05) is 31.5 Å². The monoisotopic (exact) mass is 217 g/mol. The van der Waals surface area contributed by atoms with Crippen LogP contribution in [0.15, 0.2) is 6.07 Å². The van der Waals surface area contributed by atoms with E-state index in [-0.39, 0.29) is 12.6 Å². The Kier molecular flexibility index (Phi) is 4.20. The van der Waals surface area contributed by atoms with E-state index in [1.165, 1.54) is 0 Å². The van der Waals surface area contributed by atoms with E-state index in [0.717, 1.165) is 11.4 Å². The molecular formula is C10H17F2N3. The van der Waals surface area contributed by atoms with E-state index < -0.39 is 6.43 Å². The molecule has 1 N–H and O–H groups in total. The van der Waals surface area contributed by atoms with Crippen LogP contribution in [0.1, 0.15) is 24.4 Å². The van der Waals surface area contributed by atoms with Gasteiger partial charge >= 0.3 is 0 Å². The molecule has 0 saturated heterocycles. The minimum Gasteiger partial charge on any atom is -0.309 e. The highest BCUT2D eigenvalue weighted by atomic mass is 19.3. The van der Waals surface area contributed by atoms with Crippen LogP contribution in [0, 0.1) is 13.8 Å². The topological polar surface area (TPSA) is 29.9 Å². The first-order valence-corrected chi connectivity index (χ1v) is 5.02. The van der Waals surface area contributed by atoms with Gasteiger partial charge in [-0.3, -0.25) is 4.68 Å². The van der Waals surface area contributed by atoms with Crippen molar-refractivity contribution in [2.45, 2.75) is 33.2 Å². The number of nitrogens with one attached hydrogen (secondary N) is 1. The SMILES string of the molecule is Cc1cc(C)n(C(C)CNCC(F)F)n1. The molecule has 1 rings (SSSR count). The van der Waals surface area contributed by atoms with Crippen LogP contribution in [-0.4, -0.2) is 29.3 Å². The fraction of sp³-hybridized carbons (Fsp3) is 0.700. The van der Waals surface area contributed by atoms with E-state index >= 15 is 0 Å². The number of aryl methyl sites for hydroxylation is 2. The molecule has 86 valence electrons. The number of nitrogens with zero attached hydrogens (tertiary/aromatic N) is 2. The lowest BCUT2D eigenvalue weighted by Crippen LogP contribution is -2.28. The molecule has 1 unspecified atom stereocenters. The van der Waals surface area contributed by atoms with Gasteiger partial charge in [0.2, 0.25) is 0 Å². The molecule has 5 heteroatoms. The van der Waals surface area contributed by atoms with Gasteiger partial charge < -0.3 is 5.32 Å². The molecule has 0 radical (unpaired) electrons.